The standard InChI is InChI=1S/C14H17N3O/c1-2-13-12(8-9-18-13)14-16-15-10-17(14)11-6-4-3-5-7-11/h3-7,10,12-13H,2,8-9H2,1H3. The van der Waals surface area contributed by atoms with E-state index < -0.39 is 0 Å². The Kier molecular flexibility index (Phi) is 3.11. The minimum absolute atomic E-state index is 0.275. The van der Waals surface area contributed by atoms with Crippen molar-refractivity contribution < 1.29 is 4.74 Å². The van der Waals surface area contributed by atoms with Gasteiger partial charge in [0.1, 0.15) is 12.2 Å². The molecule has 1 aromatic heterocycles. The van der Waals surface area contributed by atoms with Crippen molar-refractivity contribution in [3.63, 3.8) is 0 Å². The highest BCUT2D eigenvalue weighted by Crippen LogP contribution is 2.32. The van der Waals surface area contributed by atoms with Gasteiger partial charge in [-0.25, -0.2) is 0 Å². The average molecular weight is 243 g/mol. The number of ether oxygens (including phenoxy) is 1. The highest BCUT2D eigenvalue weighted by atomic mass is 16.5. The van der Waals surface area contributed by atoms with Crippen LogP contribution in [0.5, 0.6) is 0 Å². The van der Waals surface area contributed by atoms with Gasteiger partial charge < -0.3 is 4.74 Å². The fourth-order valence-corrected chi connectivity index (χ4v) is 2.63. The van der Waals surface area contributed by atoms with E-state index in [-0.39, 0.29) is 6.10 Å². The molecule has 1 fully saturated rings. The Balaban J connectivity index is 1.97. The van der Waals surface area contributed by atoms with Gasteiger partial charge in [0.05, 0.1) is 6.10 Å². The van der Waals surface area contributed by atoms with Crippen LogP contribution in [0.3, 0.4) is 0 Å². The molecule has 2 atom stereocenters. The van der Waals surface area contributed by atoms with E-state index in [1.54, 1.807) is 6.33 Å². The van der Waals surface area contributed by atoms with Gasteiger partial charge in [0.25, 0.3) is 0 Å². The molecular weight excluding hydrogens is 226 g/mol. The summed E-state index contributed by atoms with van der Waals surface area (Å²) in [5.74, 6) is 1.38. The van der Waals surface area contributed by atoms with Crippen LogP contribution in [0, 0.1) is 0 Å². The van der Waals surface area contributed by atoms with Gasteiger partial charge in [0.2, 0.25) is 0 Å². The monoisotopic (exact) mass is 243 g/mol. The maximum atomic E-state index is 5.75. The van der Waals surface area contributed by atoms with Crippen molar-refractivity contribution in [3.05, 3.63) is 42.5 Å². The largest absolute Gasteiger partial charge is 0.377 e. The summed E-state index contributed by atoms with van der Waals surface area (Å²) in [6.45, 7) is 2.98. The number of hydrogen-bond donors (Lipinski definition) is 0. The molecule has 4 nitrogen and oxygen atoms in total. The number of aromatic nitrogens is 3. The zero-order chi connectivity index (χ0) is 12.4. The number of rotatable bonds is 3. The molecule has 94 valence electrons. The van der Waals surface area contributed by atoms with Crippen molar-refractivity contribution in [3.8, 4) is 5.69 Å². The fourth-order valence-electron chi connectivity index (χ4n) is 2.63. The highest BCUT2D eigenvalue weighted by molar-refractivity contribution is 5.32. The second-order valence-electron chi connectivity index (χ2n) is 4.61. The summed E-state index contributed by atoms with van der Waals surface area (Å²) >= 11 is 0. The predicted molar refractivity (Wildman–Crippen MR) is 68.7 cm³/mol. The molecule has 18 heavy (non-hydrogen) atoms. The summed E-state index contributed by atoms with van der Waals surface area (Å²) in [7, 11) is 0. The lowest BCUT2D eigenvalue weighted by Gasteiger charge is -2.17. The number of nitrogens with zero attached hydrogens (tertiary/aromatic N) is 3. The van der Waals surface area contributed by atoms with Gasteiger partial charge in [-0.05, 0) is 25.0 Å². The van der Waals surface area contributed by atoms with Gasteiger partial charge >= 0.3 is 0 Å². The Bertz CT molecular complexity index is 509. The van der Waals surface area contributed by atoms with Crippen LogP contribution in [0.15, 0.2) is 36.7 Å². The second kappa shape index (κ2) is 4.90. The highest BCUT2D eigenvalue weighted by Gasteiger charge is 2.32. The molecule has 3 rings (SSSR count). The quantitative estimate of drug-likeness (QED) is 0.831. The molecule has 4 heteroatoms. The van der Waals surface area contributed by atoms with Crippen molar-refractivity contribution in [2.24, 2.45) is 0 Å². The molecular formula is C14H17N3O. The molecule has 0 radical (unpaired) electrons. The van der Waals surface area contributed by atoms with E-state index in [4.69, 9.17) is 4.74 Å². The number of benzene rings is 1. The van der Waals surface area contributed by atoms with E-state index >= 15 is 0 Å². The van der Waals surface area contributed by atoms with Crippen LogP contribution in [0.1, 0.15) is 31.5 Å². The lowest BCUT2D eigenvalue weighted by Crippen LogP contribution is -2.17. The summed E-state index contributed by atoms with van der Waals surface area (Å²) in [5, 5.41) is 8.37. The Morgan fingerprint density at radius 1 is 1.33 bits per heavy atom. The fraction of sp³-hybridized carbons (Fsp3) is 0.429. The smallest absolute Gasteiger partial charge is 0.143 e. The van der Waals surface area contributed by atoms with E-state index in [1.807, 2.05) is 18.2 Å². The van der Waals surface area contributed by atoms with Crippen LogP contribution >= 0.6 is 0 Å². The average Bonchev–Trinajstić information content (AvgIpc) is 3.07. The van der Waals surface area contributed by atoms with E-state index in [2.05, 4.69) is 33.8 Å². The Hall–Kier alpha value is -1.68. The summed E-state index contributed by atoms with van der Waals surface area (Å²) in [6.07, 6.45) is 4.11. The summed E-state index contributed by atoms with van der Waals surface area (Å²) in [6, 6.07) is 10.2. The molecule has 2 aromatic rings. The van der Waals surface area contributed by atoms with Crippen molar-refractivity contribution in [2.45, 2.75) is 31.8 Å². The van der Waals surface area contributed by atoms with Gasteiger partial charge in [-0.3, -0.25) is 4.57 Å². The van der Waals surface area contributed by atoms with E-state index in [0.717, 1.165) is 31.0 Å². The van der Waals surface area contributed by atoms with Gasteiger partial charge in [-0.2, -0.15) is 0 Å². The number of hydrogen-bond acceptors (Lipinski definition) is 3. The molecule has 0 N–H and O–H groups in total. The summed E-state index contributed by atoms with van der Waals surface area (Å²) in [5.41, 5.74) is 1.11. The van der Waals surface area contributed by atoms with Crippen LogP contribution in [-0.2, 0) is 4.74 Å². The molecule has 0 aliphatic carbocycles. The molecule has 1 aliphatic rings. The molecule has 0 saturated carbocycles. The third-order valence-corrected chi connectivity index (χ3v) is 3.55. The molecule has 0 spiro atoms. The van der Waals surface area contributed by atoms with Gasteiger partial charge in [0, 0.05) is 18.2 Å². The van der Waals surface area contributed by atoms with Crippen LogP contribution in [0.4, 0.5) is 0 Å². The Labute approximate surface area is 107 Å². The van der Waals surface area contributed by atoms with E-state index in [1.165, 1.54) is 0 Å². The first-order valence-electron chi connectivity index (χ1n) is 6.47. The third-order valence-electron chi connectivity index (χ3n) is 3.55. The molecule has 1 saturated heterocycles. The summed E-state index contributed by atoms with van der Waals surface area (Å²) in [4.78, 5) is 0. The summed E-state index contributed by atoms with van der Waals surface area (Å²) < 4.78 is 7.82. The van der Waals surface area contributed by atoms with Crippen LogP contribution in [0.25, 0.3) is 5.69 Å². The minimum Gasteiger partial charge on any atom is -0.377 e. The molecule has 1 aliphatic heterocycles. The third kappa shape index (κ3) is 1.93. The van der Waals surface area contributed by atoms with E-state index in [0.29, 0.717) is 5.92 Å². The lowest BCUT2D eigenvalue weighted by molar-refractivity contribution is 0.0991. The van der Waals surface area contributed by atoms with Crippen LogP contribution in [-0.4, -0.2) is 27.5 Å². The maximum absolute atomic E-state index is 5.75. The van der Waals surface area contributed by atoms with Gasteiger partial charge in [0.15, 0.2) is 0 Å². The normalized spacial score (nSPS) is 23.4. The van der Waals surface area contributed by atoms with Crippen molar-refractivity contribution in [1.29, 1.82) is 0 Å². The molecule has 0 amide bonds. The zero-order valence-corrected chi connectivity index (χ0v) is 10.5. The number of para-hydroxylation sites is 1. The van der Waals surface area contributed by atoms with Crippen LogP contribution in [0.2, 0.25) is 0 Å². The molecule has 1 aromatic carbocycles. The Morgan fingerprint density at radius 2 is 2.17 bits per heavy atom. The van der Waals surface area contributed by atoms with E-state index in [9.17, 15) is 0 Å². The van der Waals surface area contributed by atoms with Gasteiger partial charge in [-0.1, -0.05) is 25.1 Å². The topological polar surface area (TPSA) is 39.9 Å². The predicted octanol–water partition coefficient (Wildman–Crippen LogP) is 2.55. The molecule has 2 unspecified atom stereocenters. The SMILES string of the molecule is CCC1OCCC1c1nncn1-c1ccccc1. The zero-order valence-electron chi connectivity index (χ0n) is 10.5. The molecule has 2 heterocycles. The minimum atomic E-state index is 0.275. The first kappa shape index (κ1) is 11.4. The maximum Gasteiger partial charge on any atom is 0.143 e. The lowest BCUT2D eigenvalue weighted by atomic mass is 9.98. The first-order valence-corrected chi connectivity index (χ1v) is 6.47. The van der Waals surface area contributed by atoms with Crippen molar-refractivity contribution in [2.75, 3.05) is 6.61 Å². The van der Waals surface area contributed by atoms with Gasteiger partial charge in [-0.15, -0.1) is 10.2 Å². The second-order valence-corrected chi connectivity index (χ2v) is 4.61. The van der Waals surface area contributed by atoms with Crippen LogP contribution < -0.4 is 0 Å². The first-order chi connectivity index (χ1) is 8.90. The molecule has 0 bridgehead atoms. The van der Waals surface area contributed by atoms with Crippen molar-refractivity contribution in [1.82, 2.24) is 14.8 Å². The Morgan fingerprint density at radius 3 is 2.94 bits per heavy atom. The van der Waals surface area contributed by atoms with Crippen molar-refractivity contribution >= 4 is 0 Å².